The third-order valence-corrected chi connectivity index (χ3v) is 2.92. The van der Waals surface area contributed by atoms with Crippen molar-refractivity contribution in [3.8, 4) is 0 Å². The maximum Gasteiger partial charge on any atom is 0.339 e. The van der Waals surface area contributed by atoms with Crippen molar-refractivity contribution in [1.82, 2.24) is 4.98 Å². The Hall–Kier alpha value is -1.65. The summed E-state index contributed by atoms with van der Waals surface area (Å²) in [6, 6.07) is 1.07. The van der Waals surface area contributed by atoms with E-state index in [1.807, 2.05) is 6.92 Å². The van der Waals surface area contributed by atoms with Gasteiger partial charge in [-0.05, 0) is 25.3 Å². The number of halogens is 1. The predicted molar refractivity (Wildman–Crippen MR) is 68.3 cm³/mol. The van der Waals surface area contributed by atoms with Gasteiger partial charge in [0.1, 0.15) is 17.2 Å². The highest BCUT2D eigenvalue weighted by molar-refractivity contribution is 5.93. The van der Waals surface area contributed by atoms with Gasteiger partial charge in [-0.3, -0.25) is 0 Å². The van der Waals surface area contributed by atoms with Gasteiger partial charge in [0.2, 0.25) is 0 Å². The zero-order chi connectivity index (χ0) is 13.7. The summed E-state index contributed by atoms with van der Waals surface area (Å²) < 4.78 is 13.0. The van der Waals surface area contributed by atoms with Crippen molar-refractivity contribution in [3.63, 3.8) is 0 Å². The van der Waals surface area contributed by atoms with Gasteiger partial charge in [-0.2, -0.15) is 0 Å². The first-order chi connectivity index (χ1) is 8.43. The summed E-state index contributed by atoms with van der Waals surface area (Å²) in [6.45, 7) is 6.20. The maximum absolute atomic E-state index is 13.0. The van der Waals surface area contributed by atoms with E-state index in [0.717, 1.165) is 25.1 Å². The second kappa shape index (κ2) is 6.33. The molecule has 4 nitrogen and oxygen atoms in total. The first kappa shape index (κ1) is 14.4. The minimum absolute atomic E-state index is 0.0935. The van der Waals surface area contributed by atoms with Crippen molar-refractivity contribution in [2.24, 2.45) is 5.92 Å². The molecule has 0 radical (unpaired) electrons. The molecular weight excluding hydrogens is 235 g/mol. The molecule has 5 heteroatoms. The van der Waals surface area contributed by atoms with Crippen molar-refractivity contribution in [1.29, 1.82) is 0 Å². The molecule has 0 aliphatic heterocycles. The van der Waals surface area contributed by atoms with Gasteiger partial charge in [0, 0.05) is 6.04 Å². The summed E-state index contributed by atoms with van der Waals surface area (Å²) in [6.07, 6.45) is 2.99. The Balaban J connectivity index is 2.80. The van der Waals surface area contributed by atoms with Gasteiger partial charge in [0.15, 0.2) is 0 Å². The van der Waals surface area contributed by atoms with Crippen LogP contribution in [0.2, 0.25) is 0 Å². The molecule has 0 aliphatic rings. The maximum atomic E-state index is 13.0. The molecule has 100 valence electrons. The number of anilines is 1. The number of carbonyl (C=O) groups is 1. The molecule has 2 N–H and O–H groups in total. The fraction of sp³-hybridized carbons (Fsp3) is 0.538. The van der Waals surface area contributed by atoms with Crippen LogP contribution >= 0.6 is 0 Å². The molecule has 0 saturated heterocycles. The lowest BCUT2D eigenvalue weighted by Crippen LogP contribution is -2.21. The van der Waals surface area contributed by atoms with Gasteiger partial charge in [0.05, 0.1) is 6.20 Å². The van der Waals surface area contributed by atoms with E-state index < -0.39 is 11.8 Å². The number of carboxylic acids is 1. The molecule has 0 bridgehead atoms. The van der Waals surface area contributed by atoms with E-state index in [4.69, 9.17) is 5.11 Å². The van der Waals surface area contributed by atoms with Crippen LogP contribution in [0.25, 0.3) is 0 Å². The number of rotatable bonds is 6. The van der Waals surface area contributed by atoms with Crippen LogP contribution in [0.1, 0.15) is 44.0 Å². The van der Waals surface area contributed by atoms with Gasteiger partial charge in [-0.1, -0.05) is 20.3 Å². The molecule has 0 saturated carbocycles. The quantitative estimate of drug-likeness (QED) is 0.818. The normalized spacial score (nSPS) is 14.0. The minimum Gasteiger partial charge on any atom is -0.478 e. The monoisotopic (exact) mass is 254 g/mol. The Morgan fingerprint density at radius 3 is 2.78 bits per heavy atom. The molecule has 1 aromatic rings. The average molecular weight is 254 g/mol. The van der Waals surface area contributed by atoms with Crippen LogP contribution in [0, 0.1) is 11.7 Å². The molecule has 1 rings (SSSR count). The van der Waals surface area contributed by atoms with Gasteiger partial charge in [-0.15, -0.1) is 0 Å². The lowest BCUT2D eigenvalue weighted by atomic mass is 10.0. The number of aromatic nitrogens is 1. The molecule has 0 spiro atoms. The van der Waals surface area contributed by atoms with Crippen LogP contribution in [0.5, 0.6) is 0 Å². The molecule has 1 aromatic heterocycles. The topological polar surface area (TPSA) is 62.2 Å². The van der Waals surface area contributed by atoms with E-state index >= 15 is 0 Å². The molecule has 0 aromatic carbocycles. The number of aromatic carboxylic acids is 1. The van der Waals surface area contributed by atoms with Crippen molar-refractivity contribution >= 4 is 11.8 Å². The van der Waals surface area contributed by atoms with Gasteiger partial charge in [-0.25, -0.2) is 14.2 Å². The first-order valence-electron chi connectivity index (χ1n) is 6.09. The van der Waals surface area contributed by atoms with Crippen LogP contribution in [0.4, 0.5) is 10.2 Å². The standard InChI is InChI=1S/C13H19FN2O2/c1-4-8(2)5-9(3)16-12-11(13(17)18)6-10(14)7-15-12/h6-9H,4-5H2,1-3H3,(H,15,16)(H,17,18). The molecule has 2 unspecified atom stereocenters. The Bertz CT molecular complexity index is 423. The number of pyridine rings is 1. The van der Waals surface area contributed by atoms with Crippen molar-refractivity contribution in [2.75, 3.05) is 5.32 Å². The largest absolute Gasteiger partial charge is 0.478 e. The zero-order valence-electron chi connectivity index (χ0n) is 10.9. The Morgan fingerprint density at radius 2 is 2.22 bits per heavy atom. The van der Waals surface area contributed by atoms with Gasteiger partial charge >= 0.3 is 5.97 Å². The smallest absolute Gasteiger partial charge is 0.339 e. The molecule has 1 heterocycles. The summed E-state index contributed by atoms with van der Waals surface area (Å²) >= 11 is 0. The summed E-state index contributed by atoms with van der Waals surface area (Å²) in [7, 11) is 0. The molecular formula is C13H19FN2O2. The number of hydrogen-bond acceptors (Lipinski definition) is 3. The lowest BCUT2D eigenvalue weighted by Gasteiger charge is -2.19. The van der Waals surface area contributed by atoms with Crippen LogP contribution in [0.3, 0.4) is 0 Å². The number of hydrogen-bond donors (Lipinski definition) is 2. The zero-order valence-corrected chi connectivity index (χ0v) is 10.9. The van der Waals surface area contributed by atoms with E-state index in [1.165, 1.54) is 0 Å². The summed E-state index contributed by atoms with van der Waals surface area (Å²) in [5, 5.41) is 12.0. The Labute approximate surface area is 106 Å². The van der Waals surface area contributed by atoms with Crippen molar-refractivity contribution < 1.29 is 14.3 Å². The Morgan fingerprint density at radius 1 is 1.56 bits per heavy atom. The fourth-order valence-electron chi connectivity index (χ4n) is 1.78. The summed E-state index contributed by atoms with van der Waals surface area (Å²) in [5.41, 5.74) is -0.133. The molecule has 0 aliphatic carbocycles. The van der Waals surface area contributed by atoms with E-state index in [-0.39, 0.29) is 17.4 Å². The van der Waals surface area contributed by atoms with Gasteiger partial charge < -0.3 is 10.4 Å². The third kappa shape index (κ3) is 3.98. The minimum atomic E-state index is -1.18. The molecule has 0 fully saturated rings. The highest BCUT2D eigenvalue weighted by Gasteiger charge is 2.15. The highest BCUT2D eigenvalue weighted by atomic mass is 19.1. The number of carboxylic acid groups (broad SMARTS) is 1. The van der Waals surface area contributed by atoms with Crippen LogP contribution in [-0.4, -0.2) is 22.1 Å². The highest BCUT2D eigenvalue weighted by Crippen LogP contribution is 2.18. The van der Waals surface area contributed by atoms with E-state index in [1.54, 1.807) is 0 Å². The Kier molecular flexibility index (Phi) is 5.07. The van der Waals surface area contributed by atoms with Crippen LogP contribution < -0.4 is 5.32 Å². The van der Waals surface area contributed by atoms with Crippen molar-refractivity contribution in [3.05, 3.63) is 23.6 Å². The van der Waals surface area contributed by atoms with Gasteiger partial charge in [0.25, 0.3) is 0 Å². The second-order valence-corrected chi connectivity index (χ2v) is 4.65. The van der Waals surface area contributed by atoms with E-state index in [0.29, 0.717) is 5.92 Å². The summed E-state index contributed by atoms with van der Waals surface area (Å²) in [5.74, 6) is -1.06. The molecule has 18 heavy (non-hydrogen) atoms. The fourth-order valence-corrected chi connectivity index (χ4v) is 1.78. The number of nitrogens with one attached hydrogen (secondary N) is 1. The van der Waals surface area contributed by atoms with Crippen LogP contribution in [-0.2, 0) is 0 Å². The SMILES string of the molecule is CCC(C)CC(C)Nc1ncc(F)cc1C(=O)O. The van der Waals surface area contributed by atoms with Crippen molar-refractivity contribution in [2.45, 2.75) is 39.7 Å². The second-order valence-electron chi connectivity index (χ2n) is 4.65. The summed E-state index contributed by atoms with van der Waals surface area (Å²) in [4.78, 5) is 14.8. The third-order valence-electron chi connectivity index (χ3n) is 2.92. The number of nitrogens with zero attached hydrogens (tertiary/aromatic N) is 1. The first-order valence-corrected chi connectivity index (χ1v) is 6.09. The predicted octanol–water partition coefficient (Wildman–Crippen LogP) is 3.16. The molecule has 0 amide bonds. The van der Waals surface area contributed by atoms with E-state index in [9.17, 15) is 9.18 Å². The molecule has 2 atom stereocenters. The van der Waals surface area contributed by atoms with E-state index in [2.05, 4.69) is 24.1 Å². The average Bonchev–Trinajstić information content (AvgIpc) is 2.30. The lowest BCUT2D eigenvalue weighted by molar-refractivity contribution is 0.0697. The van der Waals surface area contributed by atoms with Crippen LogP contribution in [0.15, 0.2) is 12.3 Å².